The summed E-state index contributed by atoms with van der Waals surface area (Å²) in [5.41, 5.74) is 0. The normalized spacial score (nSPS) is 9.50. The van der Waals surface area contributed by atoms with E-state index in [2.05, 4.69) is 11.6 Å². The summed E-state index contributed by atoms with van der Waals surface area (Å²) in [6.07, 6.45) is 0.750. The minimum absolute atomic E-state index is 0.361. The maximum Gasteiger partial charge on any atom is 0.279 e. The lowest BCUT2D eigenvalue weighted by molar-refractivity contribution is -0.365. The van der Waals surface area contributed by atoms with Gasteiger partial charge in [0.1, 0.15) is 6.29 Å². The first-order chi connectivity index (χ1) is 8.33. The van der Waals surface area contributed by atoms with Gasteiger partial charge in [0.25, 0.3) is 5.97 Å². The first kappa shape index (κ1) is 22.7. The van der Waals surface area contributed by atoms with Gasteiger partial charge in [-0.25, -0.2) is 0 Å². The molecule has 0 heterocycles. The van der Waals surface area contributed by atoms with Gasteiger partial charge >= 0.3 is 0 Å². The molecule has 0 spiro atoms. The van der Waals surface area contributed by atoms with E-state index >= 15 is 0 Å². The summed E-state index contributed by atoms with van der Waals surface area (Å²) < 4.78 is 15.8. The number of rotatable bonds is 6. The number of halogens is 1. The van der Waals surface area contributed by atoms with Crippen molar-refractivity contribution in [1.82, 2.24) is 0 Å². The van der Waals surface area contributed by atoms with Crippen molar-refractivity contribution < 1.29 is 23.8 Å². The highest BCUT2D eigenvalue weighted by Crippen LogP contribution is 2.13. The Bertz CT molecular complexity index is 176. The van der Waals surface area contributed by atoms with E-state index in [9.17, 15) is 4.79 Å². The number of carbonyl (C=O) groups excluding carboxylic acids is 2. The van der Waals surface area contributed by atoms with Crippen molar-refractivity contribution in [3.8, 4) is 0 Å². The lowest BCUT2D eigenvalue weighted by atomic mass is 10.6. The number of carbonyl (C=O) groups is 2. The van der Waals surface area contributed by atoms with Crippen molar-refractivity contribution >= 4 is 23.1 Å². The molecule has 0 atom stereocenters. The van der Waals surface area contributed by atoms with Crippen LogP contribution in [0.3, 0.4) is 0 Å². The van der Waals surface area contributed by atoms with Crippen LogP contribution in [-0.4, -0.2) is 37.3 Å². The van der Waals surface area contributed by atoms with E-state index in [1.165, 1.54) is 13.8 Å². The Labute approximate surface area is 115 Å². The number of ether oxygens (including phenoxy) is 3. The predicted molar refractivity (Wildman–Crippen MR) is 71.6 cm³/mol. The van der Waals surface area contributed by atoms with Crippen molar-refractivity contribution in [2.75, 3.05) is 19.8 Å². The topological polar surface area (TPSA) is 61.8 Å². The Morgan fingerprint density at radius 2 is 1.28 bits per heavy atom. The molecule has 0 aliphatic carbocycles. The van der Waals surface area contributed by atoms with E-state index in [4.69, 9.17) is 19.0 Å². The van der Waals surface area contributed by atoms with Crippen molar-refractivity contribution in [2.45, 2.75) is 47.5 Å². The van der Waals surface area contributed by atoms with Crippen LogP contribution in [0.25, 0.3) is 0 Å². The molecule has 110 valence electrons. The number of aldehydes is 1. The third-order valence-corrected chi connectivity index (χ3v) is 1.22. The van der Waals surface area contributed by atoms with E-state index in [0.717, 1.165) is 6.29 Å². The van der Waals surface area contributed by atoms with Gasteiger partial charge in [0.15, 0.2) is 0 Å². The second kappa shape index (κ2) is 16.5. The van der Waals surface area contributed by atoms with Crippen LogP contribution in [0.5, 0.6) is 0 Å². The van der Waals surface area contributed by atoms with Gasteiger partial charge in [0.05, 0.1) is 0 Å². The highest BCUT2D eigenvalue weighted by molar-refractivity contribution is 6.62. The molecule has 0 saturated carbocycles. The first-order valence-electron chi connectivity index (χ1n) is 5.81. The Balaban J connectivity index is -0.000000266. The van der Waals surface area contributed by atoms with E-state index in [1.54, 1.807) is 6.92 Å². The van der Waals surface area contributed by atoms with Crippen LogP contribution in [0.2, 0.25) is 0 Å². The summed E-state index contributed by atoms with van der Waals surface area (Å²) in [6.45, 7) is 12.0. The molecule has 0 aromatic heterocycles. The molecule has 0 unspecified atom stereocenters. The van der Waals surface area contributed by atoms with E-state index in [1.807, 2.05) is 20.8 Å². The van der Waals surface area contributed by atoms with Crippen LogP contribution in [-0.2, 0) is 23.8 Å². The molecule has 6 heteroatoms. The third-order valence-electron chi connectivity index (χ3n) is 1.22. The van der Waals surface area contributed by atoms with Crippen LogP contribution in [0.15, 0.2) is 0 Å². The zero-order valence-corrected chi connectivity index (χ0v) is 12.9. The fraction of sp³-hybridized carbons (Fsp3) is 0.833. The summed E-state index contributed by atoms with van der Waals surface area (Å²) in [4.78, 5) is 18.0. The largest absolute Gasteiger partial charge is 0.328 e. The number of hydrogen-bond donors (Lipinski definition) is 0. The van der Waals surface area contributed by atoms with E-state index in [0.29, 0.717) is 19.8 Å². The molecule has 0 bridgehead atoms. The number of hydrogen-bond acceptors (Lipinski definition) is 5. The fourth-order valence-corrected chi connectivity index (χ4v) is 0.912. The maximum absolute atomic E-state index is 9.21. The summed E-state index contributed by atoms with van der Waals surface area (Å²) in [6, 6.07) is 0. The lowest BCUT2D eigenvalue weighted by Crippen LogP contribution is -2.35. The lowest BCUT2D eigenvalue weighted by Gasteiger charge is -2.27. The summed E-state index contributed by atoms with van der Waals surface area (Å²) in [5, 5.41) is -0.361. The van der Waals surface area contributed by atoms with Crippen LogP contribution in [0.4, 0.5) is 0 Å². The van der Waals surface area contributed by atoms with Gasteiger partial charge in [0, 0.05) is 33.7 Å². The van der Waals surface area contributed by atoms with Crippen LogP contribution in [0, 0.1) is 0 Å². The molecule has 18 heavy (non-hydrogen) atoms. The minimum atomic E-state index is -0.849. The molecule has 0 radical (unpaired) electrons. The van der Waals surface area contributed by atoms with Crippen LogP contribution in [0.1, 0.15) is 41.5 Å². The van der Waals surface area contributed by atoms with Crippen LogP contribution < -0.4 is 0 Å². The summed E-state index contributed by atoms with van der Waals surface area (Å²) >= 11 is 4.64. The van der Waals surface area contributed by atoms with Gasteiger partial charge in [-0.05, 0) is 39.3 Å². The molecule has 0 aromatic rings. The van der Waals surface area contributed by atoms with Gasteiger partial charge in [-0.1, -0.05) is 0 Å². The van der Waals surface area contributed by atoms with E-state index < -0.39 is 5.97 Å². The van der Waals surface area contributed by atoms with Gasteiger partial charge in [-0.3, -0.25) is 4.79 Å². The van der Waals surface area contributed by atoms with Crippen molar-refractivity contribution in [2.24, 2.45) is 0 Å². The molecular weight excluding hydrogens is 260 g/mol. The first-order valence-corrected chi connectivity index (χ1v) is 6.18. The zero-order valence-electron chi connectivity index (χ0n) is 12.1. The van der Waals surface area contributed by atoms with Gasteiger partial charge in [-0.2, -0.15) is 0 Å². The van der Waals surface area contributed by atoms with Crippen molar-refractivity contribution in [3.05, 3.63) is 0 Å². The Morgan fingerprint density at radius 3 is 1.39 bits per heavy atom. The zero-order chi connectivity index (χ0) is 15.0. The quantitative estimate of drug-likeness (QED) is 0.426. The maximum atomic E-state index is 9.21. The second-order valence-corrected chi connectivity index (χ2v) is 3.40. The Kier molecular flexibility index (Phi) is 20.8. The van der Waals surface area contributed by atoms with Gasteiger partial charge in [-0.15, -0.1) is 0 Å². The minimum Gasteiger partial charge on any atom is -0.328 e. The predicted octanol–water partition coefficient (Wildman–Crippen LogP) is 2.75. The summed E-state index contributed by atoms with van der Waals surface area (Å²) in [5.74, 6) is -0.849. The molecule has 5 nitrogen and oxygen atoms in total. The SMILES string of the molecule is CC(=O)Cl.CC=O.CCOC(C)(OCC)OCC. The molecule has 0 fully saturated rings. The average molecular weight is 285 g/mol. The highest BCUT2D eigenvalue weighted by Gasteiger charge is 2.24. The smallest absolute Gasteiger partial charge is 0.279 e. The van der Waals surface area contributed by atoms with Crippen molar-refractivity contribution in [3.63, 3.8) is 0 Å². The van der Waals surface area contributed by atoms with Gasteiger partial charge in [0.2, 0.25) is 5.24 Å². The molecular formula is C12H25ClO5. The van der Waals surface area contributed by atoms with Crippen molar-refractivity contribution in [1.29, 1.82) is 0 Å². The van der Waals surface area contributed by atoms with E-state index in [-0.39, 0.29) is 5.24 Å². The monoisotopic (exact) mass is 284 g/mol. The Morgan fingerprint density at radius 1 is 1.11 bits per heavy atom. The third kappa shape index (κ3) is 24.6. The highest BCUT2D eigenvalue weighted by atomic mass is 35.5. The fourth-order valence-electron chi connectivity index (χ4n) is 0.912. The standard InChI is InChI=1S/C8H18O3.C2H3ClO.C2H4O/c1-5-9-8(4,10-6-2)11-7-3;1-2(3)4;1-2-3/h5-7H2,1-4H3;1H3;2H,1H3. The molecule has 0 aliphatic rings. The van der Waals surface area contributed by atoms with Crippen LogP contribution >= 0.6 is 11.6 Å². The molecule has 0 saturated heterocycles. The van der Waals surface area contributed by atoms with Gasteiger partial charge < -0.3 is 19.0 Å². The Hall–Kier alpha value is -0.490. The average Bonchev–Trinajstić information content (AvgIpc) is 2.18. The molecule has 0 aliphatic heterocycles. The molecule has 0 N–H and O–H groups in total. The second-order valence-electron chi connectivity index (χ2n) is 2.87. The molecule has 0 rings (SSSR count). The molecule has 0 aromatic carbocycles. The molecule has 0 amide bonds. The summed E-state index contributed by atoms with van der Waals surface area (Å²) in [7, 11) is 0.